The summed E-state index contributed by atoms with van der Waals surface area (Å²) in [6.45, 7) is 0.842. The quantitative estimate of drug-likeness (QED) is 0.611. The van der Waals surface area contributed by atoms with Crippen molar-refractivity contribution in [2.24, 2.45) is 5.14 Å². The number of hydrogen-bond donors (Lipinski definition) is 2. The summed E-state index contributed by atoms with van der Waals surface area (Å²) in [4.78, 5) is 12.5. The summed E-state index contributed by atoms with van der Waals surface area (Å²) in [5.74, 6) is 0. The van der Waals surface area contributed by atoms with Crippen LogP contribution in [0.3, 0.4) is 0 Å². The molecule has 0 fully saturated rings. The zero-order chi connectivity index (χ0) is 20.1. The highest BCUT2D eigenvalue weighted by atomic mass is 35.5. The van der Waals surface area contributed by atoms with E-state index in [2.05, 4.69) is 10.4 Å². The number of hydrogen-bond acceptors (Lipinski definition) is 5. The Balaban J connectivity index is 1.63. The van der Waals surface area contributed by atoms with Gasteiger partial charge in [0.15, 0.2) is 0 Å². The van der Waals surface area contributed by atoms with E-state index in [4.69, 9.17) is 16.7 Å². The third-order valence-corrected chi connectivity index (χ3v) is 5.44. The molecule has 0 unspecified atom stereocenters. The average Bonchev–Trinajstić information content (AvgIpc) is 2.68. The van der Waals surface area contributed by atoms with E-state index in [-0.39, 0.29) is 15.5 Å². The van der Waals surface area contributed by atoms with Crippen LogP contribution >= 0.6 is 11.6 Å². The Morgan fingerprint density at radius 3 is 2.36 bits per heavy atom. The second-order valence-electron chi connectivity index (χ2n) is 6.19. The maximum absolute atomic E-state index is 12.4. The zero-order valence-electron chi connectivity index (χ0n) is 14.9. The minimum Gasteiger partial charge on any atom is -0.382 e. The third-order valence-electron chi connectivity index (χ3n) is 4.14. The molecular formula is C19H19ClN4O3S. The molecule has 0 aliphatic rings. The molecule has 0 atom stereocenters. The van der Waals surface area contributed by atoms with Crippen LogP contribution < -0.4 is 16.0 Å². The Bertz CT molecular complexity index is 1110. The van der Waals surface area contributed by atoms with Crippen molar-refractivity contribution < 1.29 is 8.42 Å². The van der Waals surface area contributed by atoms with Crippen LogP contribution in [0.25, 0.3) is 0 Å². The molecule has 3 aromatic rings. The predicted molar refractivity (Wildman–Crippen MR) is 109 cm³/mol. The minimum absolute atomic E-state index is 0.0680. The van der Waals surface area contributed by atoms with E-state index in [1.54, 1.807) is 12.1 Å². The van der Waals surface area contributed by atoms with E-state index in [0.717, 1.165) is 11.1 Å². The second kappa shape index (κ2) is 8.55. The molecule has 28 heavy (non-hydrogen) atoms. The third kappa shape index (κ3) is 4.98. The van der Waals surface area contributed by atoms with Crippen LogP contribution in [0.2, 0.25) is 5.02 Å². The van der Waals surface area contributed by atoms with Gasteiger partial charge in [0, 0.05) is 6.54 Å². The van der Waals surface area contributed by atoms with Gasteiger partial charge in [-0.2, -0.15) is 5.10 Å². The van der Waals surface area contributed by atoms with E-state index < -0.39 is 10.0 Å². The van der Waals surface area contributed by atoms with Gasteiger partial charge >= 0.3 is 0 Å². The summed E-state index contributed by atoms with van der Waals surface area (Å²) >= 11 is 6.20. The first kappa shape index (κ1) is 20.1. The molecule has 0 radical (unpaired) electrons. The predicted octanol–water partition coefficient (Wildman–Crippen LogP) is 2.25. The first-order valence-electron chi connectivity index (χ1n) is 8.50. The number of nitrogens with one attached hydrogen (secondary N) is 1. The van der Waals surface area contributed by atoms with E-state index in [1.165, 1.54) is 23.0 Å². The van der Waals surface area contributed by atoms with Crippen LogP contribution in [0.4, 0.5) is 5.69 Å². The minimum atomic E-state index is -3.70. The van der Waals surface area contributed by atoms with Gasteiger partial charge in [0.2, 0.25) is 10.0 Å². The molecule has 146 valence electrons. The molecule has 7 nitrogen and oxygen atoms in total. The van der Waals surface area contributed by atoms with Gasteiger partial charge in [-0.25, -0.2) is 18.2 Å². The molecule has 1 aromatic heterocycles. The highest BCUT2D eigenvalue weighted by Gasteiger charge is 2.10. The number of rotatable bonds is 7. The highest BCUT2D eigenvalue weighted by molar-refractivity contribution is 7.89. The molecule has 3 N–H and O–H groups in total. The number of halogens is 1. The summed E-state index contributed by atoms with van der Waals surface area (Å²) in [6.07, 6.45) is 2.13. The van der Waals surface area contributed by atoms with Crippen molar-refractivity contribution in [1.29, 1.82) is 0 Å². The number of nitrogens with two attached hydrogens (primary N) is 1. The normalized spacial score (nSPS) is 11.4. The van der Waals surface area contributed by atoms with Gasteiger partial charge < -0.3 is 5.32 Å². The molecule has 0 aliphatic heterocycles. The van der Waals surface area contributed by atoms with Crippen LogP contribution in [0.15, 0.2) is 70.5 Å². The van der Waals surface area contributed by atoms with Crippen molar-refractivity contribution in [1.82, 2.24) is 9.78 Å². The standard InChI is InChI=1S/C19H19ClN4O3S/c20-18-17(12-23-24(19(18)25)13-15-4-2-1-3-5-15)22-11-10-14-6-8-16(9-7-14)28(21,26)27/h1-9,12,22H,10-11,13H2,(H2,21,26,27). The summed E-state index contributed by atoms with van der Waals surface area (Å²) < 4.78 is 23.8. The van der Waals surface area contributed by atoms with Crippen LogP contribution in [-0.4, -0.2) is 24.7 Å². The molecule has 2 aromatic carbocycles. The Labute approximate surface area is 167 Å². The van der Waals surface area contributed by atoms with E-state index >= 15 is 0 Å². The number of primary sulfonamides is 1. The Morgan fingerprint density at radius 1 is 1.04 bits per heavy atom. The lowest BCUT2D eigenvalue weighted by molar-refractivity contribution is 0.598. The summed E-state index contributed by atoms with van der Waals surface area (Å²) in [5.41, 5.74) is 1.96. The summed E-state index contributed by atoms with van der Waals surface area (Å²) in [7, 11) is -3.70. The van der Waals surface area contributed by atoms with Gasteiger partial charge in [-0.3, -0.25) is 4.79 Å². The molecular weight excluding hydrogens is 400 g/mol. The van der Waals surface area contributed by atoms with Gasteiger partial charge in [0.25, 0.3) is 5.56 Å². The van der Waals surface area contributed by atoms with Gasteiger partial charge in [-0.15, -0.1) is 0 Å². The lowest BCUT2D eigenvalue weighted by Crippen LogP contribution is -2.25. The van der Waals surface area contributed by atoms with Gasteiger partial charge in [0.05, 0.1) is 23.3 Å². The smallest absolute Gasteiger partial charge is 0.287 e. The maximum Gasteiger partial charge on any atom is 0.287 e. The fourth-order valence-corrected chi connectivity index (χ4v) is 3.37. The van der Waals surface area contributed by atoms with Crippen molar-refractivity contribution >= 4 is 27.3 Å². The fourth-order valence-electron chi connectivity index (χ4n) is 2.64. The number of sulfonamides is 1. The SMILES string of the molecule is NS(=O)(=O)c1ccc(CCNc2cnn(Cc3ccccc3)c(=O)c2Cl)cc1. The largest absolute Gasteiger partial charge is 0.382 e. The monoisotopic (exact) mass is 418 g/mol. The Morgan fingerprint density at radius 2 is 1.71 bits per heavy atom. The van der Waals surface area contributed by atoms with E-state index in [0.29, 0.717) is 25.2 Å². The first-order valence-corrected chi connectivity index (χ1v) is 10.4. The fraction of sp³-hybridized carbons (Fsp3) is 0.158. The van der Waals surface area contributed by atoms with Crippen LogP contribution in [0, 0.1) is 0 Å². The van der Waals surface area contributed by atoms with Crippen molar-refractivity contribution in [2.75, 3.05) is 11.9 Å². The Kier molecular flexibility index (Phi) is 6.13. The summed E-state index contributed by atoms with van der Waals surface area (Å²) in [6, 6.07) is 15.8. The zero-order valence-corrected chi connectivity index (χ0v) is 16.4. The van der Waals surface area contributed by atoms with Crippen LogP contribution in [-0.2, 0) is 23.0 Å². The number of benzene rings is 2. The average molecular weight is 419 g/mol. The summed E-state index contributed by atoms with van der Waals surface area (Å²) in [5, 5.41) is 12.4. The van der Waals surface area contributed by atoms with Crippen molar-refractivity contribution in [2.45, 2.75) is 17.9 Å². The lowest BCUT2D eigenvalue weighted by Gasteiger charge is -2.10. The molecule has 0 amide bonds. The molecule has 0 aliphatic carbocycles. The molecule has 1 heterocycles. The second-order valence-corrected chi connectivity index (χ2v) is 8.13. The highest BCUT2D eigenvalue weighted by Crippen LogP contribution is 2.16. The molecule has 0 bridgehead atoms. The number of anilines is 1. The van der Waals surface area contributed by atoms with E-state index in [1.807, 2.05) is 30.3 Å². The maximum atomic E-state index is 12.4. The first-order chi connectivity index (χ1) is 13.3. The molecule has 3 rings (SSSR count). The Hall–Kier alpha value is -2.68. The van der Waals surface area contributed by atoms with Gasteiger partial charge in [-0.1, -0.05) is 54.1 Å². The molecule has 9 heteroatoms. The van der Waals surface area contributed by atoms with Crippen molar-refractivity contribution in [3.63, 3.8) is 0 Å². The van der Waals surface area contributed by atoms with Crippen molar-refractivity contribution in [3.05, 3.63) is 87.3 Å². The molecule has 0 spiro atoms. The lowest BCUT2D eigenvalue weighted by atomic mass is 10.1. The molecule has 0 saturated carbocycles. The number of aromatic nitrogens is 2. The van der Waals surface area contributed by atoms with Crippen molar-refractivity contribution in [3.8, 4) is 0 Å². The van der Waals surface area contributed by atoms with E-state index in [9.17, 15) is 13.2 Å². The van der Waals surface area contributed by atoms with Crippen LogP contribution in [0.1, 0.15) is 11.1 Å². The number of nitrogens with zero attached hydrogens (tertiary/aromatic N) is 2. The van der Waals surface area contributed by atoms with Gasteiger partial charge in [-0.05, 0) is 29.7 Å². The van der Waals surface area contributed by atoms with Crippen LogP contribution in [0.5, 0.6) is 0 Å². The molecule has 0 saturated heterocycles. The van der Waals surface area contributed by atoms with Gasteiger partial charge in [0.1, 0.15) is 5.02 Å². The topological polar surface area (TPSA) is 107 Å².